The average molecular weight is 349 g/mol. The number of carbonyl (C=O) groups is 1. The van der Waals surface area contributed by atoms with Gasteiger partial charge in [0.1, 0.15) is 11.4 Å². The number of rotatable bonds is 2. The van der Waals surface area contributed by atoms with Crippen LogP contribution in [0.5, 0.6) is 0 Å². The molecule has 2 heterocycles. The maximum Gasteiger partial charge on any atom is 0.258 e. The number of aliphatic hydroxyl groups is 1. The SMILES string of the molecule is BC1(O)c2ncccc2C(=O)N1Cc1ccc(Br)cc1F. The number of fused-ring (bicyclic) bond motifs is 1. The second-order valence-corrected chi connectivity index (χ2v) is 5.96. The molecule has 106 valence electrons. The van der Waals surface area contributed by atoms with Gasteiger partial charge in [-0.3, -0.25) is 9.78 Å². The lowest BCUT2D eigenvalue weighted by Gasteiger charge is -2.30. The van der Waals surface area contributed by atoms with E-state index in [2.05, 4.69) is 20.9 Å². The van der Waals surface area contributed by atoms with E-state index >= 15 is 0 Å². The molecule has 1 aromatic carbocycles. The third kappa shape index (κ3) is 2.26. The van der Waals surface area contributed by atoms with Crippen LogP contribution >= 0.6 is 15.9 Å². The van der Waals surface area contributed by atoms with Crippen molar-refractivity contribution in [3.8, 4) is 0 Å². The Kier molecular flexibility index (Phi) is 3.34. The minimum atomic E-state index is -1.55. The van der Waals surface area contributed by atoms with Crippen molar-refractivity contribution in [3.05, 3.63) is 63.6 Å². The topological polar surface area (TPSA) is 53.4 Å². The molecule has 0 radical (unpaired) electrons. The van der Waals surface area contributed by atoms with E-state index in [4.69, 9.17) is 0 Å². The molecule has 1 unspecified atom stereocenters. The first-order valence-electron chi connectivity index (χ1n) is 6.35. The van der Waals surface area contributed by atoms with Crippen molar-refractivity contribution in [2.75, 3.05) is 0 Å². The highest BCUT2D eigenvalue weighted by atomic mass is 79.9. The van der Waals surface area contributed by atoms with Gasteiger partial charge in [0.2, 0.25) is 0 Å². The van der Waals surface area contributed by atoms with Crippen molar-refractivity contribution < 1.29 is 14.3 Å². The molecule has 0 bridgehead atoms. The predicted molar refractivity (Wildman–Crippen MR) is 80.7 cm³/mol. The zero-order valence-corrected chi connectivity index (χ0v) is 12.8. The lowest BCUT2D eigenvalue weighted by Crippen LogP contribution is -2.44. The molecule has 0 aliphatic carbocycles. The molecule has 1 atom stereocenters. The van der Waals surface area contributed by atoms with Gasteiger partial charge in [0, 0.05) is 16.2 Å². The van der Waals surface area contributed by atoms with Crippen LogP contribution in [0.3, 0.4) is 0 Å². The van der Waals surface area contributed by atoms with Crippen LogP contribution in [0.15, 0.2) is 41.0 Å². The summed E-state index contributed by atoms with van der Waals surface area (Å²) in [5.41, 5.74) is -0.570. The lowest BCUT2D eigenvalue weighted by atomic mass is 9.87. The molecule has 0 fully saturated rings. The molecular weight excluding hydrogens is 338 g/mol. The van der Waals surface area contributed by atoms with Crippen LogP contribution in [0.2, 0.25) is 0 Å². The van der Waals surface area contributed by atoms with E-state index in [-0.39, 0.29) is 12.5 Å². The Morgan fingerprint density at radius 3 is 2.86 bits per heavy atom. The van der Waals surface area contributed by atoms with E-state index in [1.165, 1.54) is 25.0 Å². The van der Waals surface area contributed by atoms with Crippen LogP contribution in [0.1, 0.15) is 21.6 Å². The van der Waals surface area contributed by atoms with Gasteiger partial charge >= 0.3 is 0 Å². The van der Waals surface area contributed by atoms with Gasteiger partial charge in [-0.25, -0.2) is 4.39 Å². The summed E-state index contributed by atoms with van der Waals surface area (Å²) < 4.78 is 14.6. The highest BCUT2D eigenvalue weighted by molar-refractivity contribution is 9.10. The summed E-state index contributed by atoms with van der Waals surface area (Å²) in [6.45, 7) is -0.0265. The Balaban J connectivity index is 1.99. The minimum absolute atomic E-state index is 0.0265. The van der Waals surface area contributed by atoms with E-state index in [1.54, 1.807) is 24.3 Å². The summed E-state index contributed by atoms with van der Waals surface area (Å²) in [7, 11) is 1.49. The summed E-state index contributed by atoms with van der Waals surface area (Å²) in [6, 6.07) is 7.85. The van der Waals surface area contributed by atoms with E-state index < -0.39 is 11.4 Å². The third-order valence-corrected chi connectivity index (χ3v) is 4.09. The fraction of sp³-hybridized carbons (Fsp3) is 0.143. The highest BCUT2D eigenvalue weighted by Gasteiger charge is 2.45. The number of hydrogen-bond donors (Lipinski definition) is 1. The number of aromatic nitrogens is 1. The summed E-state index contributed by atoms with van der Waals surface area (Å²) in [4.78, 5) is 17.7. The smallest absolute Gasteiger partial charge is 0.258 e. The number of hydrogen-bond acceptors (Lipinski definition) is 3. The van der Waals surface area contributed by atoms with Crippen LogP contribution in [-0.4, -0.2) is 28.7 Å². The van der Waals surface area contributed by atoms with Gasteiger partial charge < -0.3 is 10.0 Å². The number of nitrogens with zero attached hydrogens (tertiary/aromatic N) is 2. The fourth-order valence-corrected chi connectivity index (χ4v) is 2.81. The number of halogens is 2. The first-order valence-corrected chi connectivity index (χ1v) is 7.14. The Hall–Kier alpha value is -1.73. The maximum absolute atomic E-state index is 13.9. The van der Waals surface area contributed by atoms with E-state index in [1.807, 2.05) is 0 Å². The van der Waals surface area contributed by atoms with Crippen molar-refractivity contribution >= 4 is 29.7 Å². The molecule has 0 saturated carbocycles. The monoisotopic (exact) mass is 348 g/mol. The zero-order chi connectivity index (χ0) is 15.2. The van der Waals surface area contributed by atoms with Crippen molar-refractivity contribution in [2.45, 2.75) is 12.2 Å². The third-order valence-electron chi connectivity index (χ3n) is 3.60. The van der Waals surface area contributed by atoms with Crippen LogP contribution in [0, 0.1) is 5.82 Å². The normalized spacial score (nSPS) is 20.7. The Bertz CT molecular complexity index is 739. The van der Waals surface area contributed by atoms with Gasteiger partial charge in [-0.15, -0.1) is 0 Å². The van der Waals surface area contributed by atoms with E-state index in [9.17, 15) is 14.3 Å². The number of carbonyl (C=O) groups excluding carboxylic acids is 1. The molecule has 21 heavy (non-hydrogen) atoms. The standard InChI is InChI=1S/C14H11BBrFN2O2/c15-14(21)12-10(2-1-5-18-12)13(20)19(14)7-8-3-4-9(16)6-11(8)17/h1-6,21H,7,15H2. The van der Waals surface area contributed by atoms with Gasteiger partial charge in [-0.05, 0) is 24.3 Å². The molecule has 0 saturated heterocycles. The Morgan fingerprint density at radius 2 is 2.19 bits per heavy atom. The Morgan fingerprint density at radius 1 is 1.43 bits per heavy atom. The molecule has 1 aliphatic rings. The Labute approximate surface area is 130 Å². The maximum atomic E-state index is 13.9. The highest BCUT2D eigenvalue weighted by Crippen LogP contribution is 2.34. The van der Waals surface area contributed by atoms with E-state index in [0.29, 0.717) is 21.3 Å². The quantitative estimate of drug-likeness (QED) is 0.834. The average Bonchev–Trinajstić information content (AvgIpc) is 2.63. The van der Waals surface area contributed by atoms with Crippen LogP contribution in [0.4, 0.5) is 4.39 Å². The van der Waals surface area contributed by atoms with E-state index in [0.717, 1.165) is 0 Å². The summed E-state index contributed by atoms with van der Waals surface area (Å²) in [5, 5.41) is 10.6. The minimum Gasteiger partial charge on any atom is -0.374 e. The molecule has 4 nitrogen and oxygen atoms in total. The number of benzene rings is 1. The predicted octanol–water partition coefficient (Wildman–Crippen LogP) is 1.37. The first-order chi connectivity index (χ1) is 9.91. The summed E-state index contributed by atoms with van der Waals surface area (Å²) >= 11 is 3.19. The van der Waals surface area contributed by atoms with Gasteiger partial charge in [-0.2, -0.15) is 0 Å². The van der Waals surface area contributed by atoms with Crippen LogP contribution in [-0.2, 0) is 12.2 Å². The van der Waals surface area contributed by atoms with Gasteiger partial charge in [0.15, 0.2) is 7.85 Å². The number of pyridine rings is 1. The van der Waals surface area contributed by atoms with Crippen molar-refractivity contribution in [2.24, 2.45) is 0 Å². The molecule has 2 aromatic rings. The van der Waals surface area contributed by atoms with Crippen LogP contribution in [0.25, 0.3) is 0 Å². The fourth-order valence-electron chi connectivity index (χ4n) is 2.47. The molecule has 1 N–H and O–H groups in total. The summed E-state index contributed by atoms with van der Waals surface area (Å²) in [5.74, 6) is -0.790. The molecular formula is C14H11BBrFN2O2. The van der Waals surface area contributed by atoms with Crippen molar-refractivity contribution in [3.63, 3.8) is 0 Å². The van der Waals surface area contributed by atoms with Crippen molar-refractivity contribution in [1.82, 2.24) is 9.88 Å². The molecule has 7 heteroatoms. The zero-order valence-electron chi connectivity index (χ0n) is 11.2. The van der Waals surface area contributed by atoms with Crippen LogP contribution < -0.4 is 0 Å². The van der Waals surface area contributed by atoms with Gasteiger partial charge in [0.25, 0.3) is 5.91 Å². The lowest BCUT2D eigenvalue weighted by molar-refractivity contribution is -0.0227. The van der Waals surface area contributed by atoms with Crippen molar-refractivity contribution in [1.29, 1.82) is 0 Å². The first kappa shape index (κ1) is 14.2. The molecule has 1 aromatic heterocycles. The molecule has 0 spiro atoms. The molecule has 3 rings (SSSR count). The largest absolute Gasteiger partial charge is 0.374 e. The second kappa shape index (κ2) is 4.93. The number of amides is 1. The second-order valence-electron chi connectivity index (χ2n) is 5.05. The molecule has 1 aliphatic heterocycles. The molecule has 1 amide bonds. The van der Waals surface area contributed by atoms with Gasteiger partial charge in [-0.1, -0.05) is 22.0 Å². The summed E-state index contributed by atoms with van der Waals surface area (Å²) in [6.07, 6.45) is 1.52. The van der Waals surface area contributed by atoms with Gasteiger partial charge in [0.05, 0.1) is 17.8 Å².